The Morgan fingerprint density at radius 3 is 2.32 bits per heavy atom. The first-order chi connectivity index (χ1) is 8.99. The number of benzene rings is 1. The number of primary amides is 1. The first-order valence-corrected chi connectivity index (χ1v) is 5.35. The Hall–Kier alpha value is -2.81. The second-order valence-corrected chi connectivity index (χ2v) is 3.64. The molecule has 3 N–H and O–H groups in total. The van der Waals surface area contributed by atoms with Crippen molar-refractivity contribution in [3.63, 3.8) is 0 Å². The molecule has 0 radical (unpaired) electrons. The van der Waals surface area contributed by atoms with Crippen LogP contribution in [0.2, 0.25) is 0 Å². The Labute approximate surface area is 109 Å². The van der Waals surface area contributed by atoms with Crippen molar-refractivity contribution in [1.29, 1.82) is 0 Å². The van der Waals surface area contributed by atoms with Gasteiger partial charge >= 0.3 is 5.97 Å². The van der Waals surface area contributed by atoms with E-state index in [-0.39, 0.29) is 0 Å². The Kier molecular flexibility index (Phi) is 5.11. The maximum Gasteiger partial charge on any atom is 0.323 e. The zero-order valence-electron chi connectivity index (χ0n) is 10.00. The van der Waals surface area contributed by atoms with Gasteiger partial charge in [-0.25, -0.2) is 0 Å². The summed E-state index contributed by atoms with van der Waals surface area (Å²) in [6.45, 7) is -1.10. The molecule has 2 amide bonds. The summed E-state index contributed by atoms with van der Waals surface area (Å²) in [6.07, 6.45) is 0. The quantitative estimate of drug-likeness (QED) is 0.708. The molecule has 1 aromatic rings. The molecule has 6 heteroatoms. The monoisotopic (exact) mass is 260 g/mol. The molecule has 0 saturated carbocycles. The van der Waals surface area contributed by atoms with Gasteiger partial charge in [0, 0.05) is 11.5 Å². The van der Waals surface area contributed by atoms with E-state index in [9.17, 15) is 14.4 Å². The molecule has 0 unspecified atom stereocenters. The largest absolute Gasteiger partial charge is 0.480 e. The summed E-state index contributed by atoms with van der Waals surface area (Å²) in [5, 5.41) is 8.64. The van der Waals surface area contributed by atoms with Crippen LogP contribution < -0.4 is 5.73 Å². The van der Waals surface area contributed by atoms with E-state index >= 15 is 0 Å². The van der Waals surface area contributed by atoms with Gasteiger partial charge in [-0.1, -0.05) is 24.1 Å². The van der Waals surface area contributed by atoms with Crippen molar-refractivity contribution in [3.8, 4) is 11.8 Å². The Morgan fingerprint density at radius 1 is 1.16 bits per heavy atom. The fourth-order valence-electron chi connectivity index (χ4n) is 1.28. The summed E-state index contributed by atoms with van der Waals surface area (Å²) in [5.74, 6) is 2.07. The highest BCUT2D eigenvalue weighted by Crippen LogP contribution is 1.95. The standard InChI is InChI=1S/C13H12N2O4/c14-11(16)8-15(9-13(18)19)12(17)7-6-10-4-2-1-3-5-10/h1-5H,8-9H2,(H2,14,16)(H,18,19). The highest BCUT2D eigenvalue weighted by molar-refractivity contribution is 5.97. The molecule has 0 aliphatic heterocycles. The maximum absolute atomic E-state index is 11.7. The molecule has 6 nitrogen and oxygen atoms in total. The van der Waals surface area contributed by atoms with Crippen LogP contribution in [0.1, 0.15) is 5.56 Å². The third kappa shape index (κ3) is 5.37. The topological polar surface area (TPSA) is 101 Å². The van der Waals surface area contributed by atoms with Gasteiger partial charge in [0.15, 0.2) is 0 Å². The summed E-state index contributed by atoms with van der Waals surface area (Å²) < 4.78 is 0. The fourth-order valence-corrected chi connectivity index (χ4v) is 1.28. The molecule has 0 aromatic heterocycles. The number of nitrogens with two attached hydrogens (primary N) is 1. The van der Waals surface area contributed by atoms with Crippen molar-refractivity contribution in [3.05, 3.63) is 35.9 Å². The Morgan fingerprint density at radius 2 is 1.79 bits per heavy atom. The number of hydrogen-bond donors (Lipinski definition) is 2. The van der Waals surface area contributed by atoms with Gasteiger partial charge in [0.2, 0.25) is 5.91 Å². The van der Waals surface area contributed by atoms with Gasteiger partial charge in [0.25, 0.3) is 5.91 Å². The smallest absolute Gasteiger partial charge is 0.323 e. The van der Waals surface area contributed by atoms with Crippen LogP contribution in [0.3, 0.4) is 0 Å². The summed E-state index contributed by atoms with van der Waals surface area (Å²) in [7, 11) is 0. The highest BCUT2D eigenvalue weighted by atomic mass is 16.4. The summed E-state index contributed by atoms with van der Waals surface area (Å²) in [6, 6.07) is 8.72. The third-order valence-corrected chi connectivity index (χ3v) is 2.05. The van der Waals surface area contributed by atoms with Crippen molar-refractivity contribution >= 4 is 17.8 Å². The van der Waals surface area contributed by atoms with Crippen molar-refractivity contribution in [2.24, 2.45) is 5.73 Å². The van der Waals surface area contributed by atoms with Crippen molar-refractivity contribution in [2.75, 3.05) is 13.1 Å². The number of carbonyl (C=O) groups excluding carboxylic acids is 2. The number of hydrogen-bond acceptors (Lipinski definition) is 3. The molecule has 1 aromatic carbocycles. The molecule has 98 valence electrons. The minimum Gasteiger partial charge on any atom is -0.480 e. The predicted octanol–water partition coefficient (Wildman–Crippen LogP) is -0.563. The number of aliphatic carboxylic acids is 1. The Bertz CT molecular complexity index is 527. The lowest BCUT2D eigenvalue weighted by molar-refractivity contribution is -0.143. The molecule has 0 aliphatic carbocycles. The van der Waals surface area contributed by atoms with Crippen LogP contribution >= 0.6 is 0 Å². The number of amides is 2. The number of carboxylic acids is 1. The average Bonchev–Trinajstić information content (AvgIpc) is 2.35. The molecule has 19 heavy (non-hydrogen) atoms. The van der Waals surface area contributed by atoms with Crippen LogP contribution in [-0.2, 0) is 14.4 Å². The first-order valence-electron chi connectivity index (χ1n) is 5.35. The highest BCUT2D eigenvalue weighted by Gasteiger charge is 2.16. The van der Waals surface area contributed by atoms with Gasteiger partial charge in [0.05, 0.1) is 0 Å². The molecule has 0 aliphatic rings. The average molecular weight is 260 g/mol. The van der Waals surface area contributed by atoms with Gasteiger partial charge in [-0.3, -0.25) is 14.4 Å². The maximum atomic E-state index is 11.7. The van der Waals surface area contributed by atoms with Gasteiger partial charge in [0.1, 0.15) is 13.1 Å². The van der Waals surface area contributed by atoms with Crippen LogP contribution in [-0.4, -0.2) is 40.9 Å². The molecular weight excluding hydrogens is 248 g/mol. The SMILES string of the molecule is NC(=O)CN(CC(=O)O)C(=O)C#Cc1ccccc1. The normalized spacial score (nSPS) is 9.05. The van der Waals surface area contributed by atoms with E-state index in [0.717, 1.165) is 4.90 Å². The summed E-state index contributed by atoms with van der Waals surface area (Å²) in [5.41, 5.74) is 5.56. The lowest BCUT2D eigenvalue weighted by atomic mass is 10.2. The van der Waals surface area contributed by atoms with Gasteiger partial charge < -0.3 is 15.7 Å². The molecule has 0 spiro atoms. The molecule has 0 bridgehead atoms. The zero-order valence-corrected chi connectivity index (χ0v) is 10.00. The summed E-state index contributed by atoms with van der Waals surface area (Å²) in [4.78, 5) is 33.8. The van der Waals surface area contributed by atoms with Crippen LogP contribution in [0, 0.1) is 11.8 Å². The third-order valence-electron chi connectivity index (χ3n) is 2.05. The van der Waals surface area contributed by atoms with Crippen LogP contribution in [0.15, 0.2) is 30.3 Å². The van der Waals surface area contributed by atoms with E-state index in [1.165, 1.54) is 0 Å². The lowest BCUT2D eigenvalue weighted by Gasteiger charge is -2.15. The number of nitrogens with zero attached hydrogens (tertiary/aromatic N) is 1. The van der Waals surface area contributed by atoms with Crippen molar-refractivity contribution in [2.45, 2.75) is 0 Å². The van der Waals surface area contributed by atoms with Crippen LogP contribution in [0.5, 0.6) is 0 Å². The minimum absolute atomic E-state index is 0.478. The van der Waals surface area contributed by atoms with Crippen LogP contribution in [0.4, 0.5) is 0 Å². The van der Waals surface area contributed by atoms with Crippen molar-refractivity contribution in [1.82, 2.24) is 4.90 Å². The number of rotatable bonds is 4. The molecule has 0 atom stereocenters. The number of carboxylic acid groups (broad SMARTS) is 1. The van der Waals surface area contributed by atoms with E-state index in [4.69, 9.17) is 10.8 Å². The predicted molar refractivity (Wildman–Crippen MR) is 66.7 cm³/mol. The van der Waals surface area contributed by atoms with Gasteiger partial charge in [-0.15, -0.1) is 0 Å². The Balaban J connectivity index is 2.80. The summed E-state index contributed by atoms with van der Waals surface area (Å²) >= 11 is 0. The second kappa shape index (κ2) is 6.81. The fraction of sp³-hybridized carbons (Fsp3) is 0.154. The minimum atomic E-state index is -1.24. The second-order valence-electron chi connectivity index (χ2n) is 3.64. The van der Waals surface area contributed by atoms with Gasteiger partial charge in [-0.2, -0.15) is 0 Å². The molecular formula is C13H12N2O4. The molecule has 0 fully saturated rings. The van der Waals surface area contributed by atoms with Crippen molar-refractivity contribution < 1.29 is 19.5 Å². The van der Waals surface area contributed by atoms with Crippen LogP contribution in [0.25, 0.3) is 0 Å². The molecule has 0 heterocycles. The van der Waals surface area contributed by atoms with E-state index in [1.807, 2.05) is 0 Å². The lowest BCUT2D eigenvalue weighted by Crippen LogP contribution is -2.40. The van der Waals surface area contributed by atoms with E-state index in [2.05, 4.69) is 11.8 Å². The van der Waals surface area contributed by atoms with E-state index < -0.39 is 30.9 Å². The molecule has 0 saturated heterocycles. The van der Waals surface area contributed by atoms with E-state index in [0.29, 0.717) is 5.56 Å². The zero-order chi connectivity index (χ0) is 14.3. The van der Waals surface area contributed by atoms with Gasteiger partial charge in [-0.05, 0) is 12.1 Å². The first kappa shape index (κ1) is 14.3. The molecule has 1 rings (SSSR count). The van der Waals surface area contributed by atoms with E-state index in [1.54, 1.807) is 30.3 Å². The number of carbonyl (C=O) groups is 3.